The molecule has 0 saturated carbocycles. The van der Waals surface area contributed by atoms with Gasteiger partial charge in [-0.05, 0) is 11.8 Å². The van der Waals surface area contributed by atoms with Crippen LogP contribution in [-0.4, -0.2) is 63.3 Å². The highest BCUT2D eigenvalue weighted by Gasteiger charge is 2.19. The highest BCUT2D eigenvalue weighted by molar-refractivity contribution is 4.99. The van der Waals surface area contributed by atoms with Crippen molar-refractivity contribution in [2.45, 2.75) is 6.42 Å². The van der Waals surface area contributed by atoms with E-state index >= 15 is 0 Å². The Hall–Kier alpha value is 0.0600. The first-order valence-electron chi connectivity index (χ1n) is 5.01. The van der Waals surface area contributed by atoms with E-state index in [4.69, 9.17) is 0 Å². The number of nitrogens with zero attached hydrogens (tertiary/aromatic N) is 2. The van der Waals surface area contributed by atoms with E-state index < -0.39 is 0 Å². The molecule has 1 rings (SSSR count). The fourth-order valence-electron chi connectivity index (χ4n) is 1.62. The van der Waals surface area contributed by atoms with Gasteiger partial charge in [-0.3, -0.25) is 0 Å². The Kier molecular flexibility index (Phi) is 7.68. The first-order valence-corrected chi connectivity index (χ1v) is 5.01. The van der Waals surface area contributed by atoms with Gasteiger partial charge in [-0.25, -0.2) is 0 Å². The second-order valence-electron chi connectivity index (χ2n) is 5.34. The van der Waals surface area contributed by atoms with Crippen molar-refractivity contribution in [2.24, 2.45) is 0 Å². The minimum atomic E-state index is 0. The summed E-state index contributed by atoms with van der Waals surface area (Å²) in [6.07, 6.45) is 1.30. The summed E-state index contributed by atoms with van der Waals surface area (Å²) in [5.41, 5.74) is 0. The third kappa shape index (κ3) is 7.03. The van der Waals surface area contributed by atoms with Crippen LogP contribution in [0.15, 0.2) is 0 Å². The lowest BCUT2D eigenvalue weighted by Gasteiger charge is -2.30. The largest absolute Gasteiger partial charge is 1.00 e. The van der Waals surface area contributed by atoms with Gasteiger partial charge in [-0.15, -0.1) is 0 Å². The minimum absolute atomic E-state index is 0. The van der Waals surface area contributed by atoms with E-state index in [9.17, 15) is 0 Å². The number of hydrogen-bond acceptors (Lipinski definition) is 0. The Labute approximate surface area is 107 Å². The maximum Gasteiger partial charge on any atom is 0.140 e. The molecule has 0 aromatic rings. The van der Waals surface area contributed by atoms with E-state index in [1.165, 1.54) is 19.5 Å². The Morgan fingerprint density at radius 3 is 1.40 bits per heavy atom. The number of rotatable bonds is 0. The molecule has 0 aliphatic carbocycles. The van der Waals surface area contributed by atoms with Crippen LogP contribution in [0.4, 0.5) is 0 Å². The molecule has 1 heterocycles. The molecule has 0 aromatic carbocycles. The molecule has 4 heteroatoms. The van der Waals surface area contributed by atoms with Crippen molar-refractivity contribution in [3.63, 3.8) is 0 Å². The summed E-state index contributed by atoms with van der Waals surface area (Å²) in [6, 6.07) is 0. The molecular formula is C11H22Cl2N2. The van der Waals surface area contributed by atoms with Gasteiger partial charge in [-0.1, -0.05) is 0 Å². The molecule has 1 aliphatic heterocycles. The van der Waals surface area contributed by atoms with Crippen LogP contribution < -0.4 is 24.8 Å². The molecule has 1 aliphatic rings. The highest BCUT2D eigenvalue weighted by atomic mass is 35.5. The monoisotopic (exact) mass is 252 g/mol. The van der Waals surface area contributed by atoms with Crippen molar-refractivity contribution < 1.29 is 33.8 Å². The average molecular weight is 253 g/mol. The quantitative estimate of drug-likeness (QED) is 0.299. The van der Waals surface area contributed by atoms with Crippen LogP contribution in [0.1, 0.15) is 6.42 Å². The Balaban J connectivity index is 0. The van der Waals surface area contributed by atoms with Crippen LogP contribution in [0, 0.1) is 11.8 Å². The van der Waals surface area contributed by atoms with Gasteiger partial charge >= 0.3 is 0 Å². The molecule has 0 spiro atoms. The molecule has 2 nitrogen and oxygen atoms in total. The summed E-state index contributed by atoms with van der Waals surface area (Å²) in [5, 5.41) is 0. The van der Waals surface area contributed by atoms with E-state index in [1.54, 1.807) is 0 Å². The molecule has 0 radical (unpaired) electrons. The predicted octanol–water partition coefficient (Wildman–Crippen LogP) is -5.45. The van der Waals surface area contributed by atoms with Gasteiger partial charge in [0.2, 0.25) is 0 Å². The van der Waals surface area contributed by atoms with Crippen LogP contribution >= 0.6 is 0 Å². The van der Waals surface area contributed by atoms with Gasteiger partial charge in [0.15, 0.2) is 0 Å². The smallest absolute Gasteiger partial charge is 0.140 e. The van der Waals surface area contributed by atoms with Gasteiger partial charge in [0.1, 0.15) is 13.1 Å². The SMILES string of the molecule is C[N+]1(C)CC#CC[N+](C)(C)CCC1.[Cl-].[Cl-]. The summed E-state index contributed by atoms with van der Waals surface area (Å²) in [5.74, 6) is 6.56. The predicted molar refractivity (Wildman–Crippen MR) is 56.1 cm³/mol. The van der Waals surface area contributed by atoms with E-state index in [-0.39, 0.29) is 24.8 Å². The van der Waals surface area contributed by atoms with Gasteiger partial charge in [-0.2, -0.15) is 0 Å². The fourth-order valence-corrected chi connectivity index (χ4v) is 1.62. The zero-order valence-corrected chi connectivity index (χ0v) is 11.7. The standard InChI is InChI=1S/C11H22N2.2ClH/c1-12(2)8-5-6-9-13(3,4)11-7-10-12;;/h7-11H2,1-4H3;2*1H/q+2;;/p-2. The van der Waals surface area contributed by atoms with Crippen LogP contribution in [0.5, 0.6) is 0 Å². The van der Waals surface area contributed by atoms with Crippen LogP contribution in [0.3, 0.4) is 0 Å². The fraction of sp³-hybridized carbons (Fsp3) is 0.818. The molecule has 15 heavy (non-hydrogen) atoms. The lowest BCUT2D eigenvalue weighted by atomic mass is 10.3. The Morgan fingerprint density at radius 1 is 0.733 bits per heavy atom. The lowest BCUT2D eigenvalue weighted by molar-refractivity contribution is -0.900. The maximum absolute atomic E-state index is 3.28. The molecule has 0 amide bonds. The van der Waals surface area contributed by atoms with Crippen molar-refractivity contribution >= 4 is 0 Å². The summed E-state index contributed by atoms with van der Waals surface area (Å²) in [4.78, 5) is 0. The molecule has 90 valence electrons. The third-order valence-electron chi connectivity index (χ3n) is 2.67. The van der Waals surface area contributed by atoms with Crippen molar-refractivity contribution in [3.8, 4) is 11.8 Å². The van der Waals surface area contributed by atoms with Crippen LogP contribution in [-0.2, 0) is 0 Å². The van der Waals surface area contributed by atoms with Crippen molar-refractivity contribution in [3.05, 3.63) is 0 Å². The zero-order chi connectivity index (χ0) is 9.95. The summed E-state index contributed by atoms with van der Waals surface area (Å²) >= 11 is 0. The number of hydrogen-bond donors (Lipinski definition) is 0. The van der Waals surface area contributed by atoms with E-state index in [0.29, 0.717) is 0 Å². The topological polar surface area (TPSA) is 0 Å². The third-order valence-corrected chi connectivity index (χ3v) is 2.67. The van der Waals surface area contributed by atoms with Crippen molar-refractivity contribution in [1.29, 1.82) is 0 Å². The highest BCUT2D eigenvalue weighted by Crippen LogP contribution is 2.05. The lowest BCUT2D eigenvalue weighted by Crippen LogP contribution is -3.00. The average Bonchev–Trinajstić information content (AvgIpc) is 2.01. The Bertz CT molecular complexity index is 217. The first-order chi connectivity index (χ1) is 5.91. The molecular weight excluding hydrogens is 231 g/mol. The molecule has 0 aromatic heterocycles. The van der Waals surface area contributed by atoms with Gasteiger partial charge < -0.3 is 33.8 Å². The maximum atomic E-state index is 3.28. The molecule has 0 atom stereocenters. The molecule has 0 bridgehead atoms. The minimum Gasteiger partial charge on any atom is -1.00 e. The summed E-state index contributed by atoms with van der Waals surface area (Å²) in [7, 11) is 9.06. The molecule has 0 N–H and O–H groups in total. The summed E-state index contributed by atoms with van der Waals surface area (Å²) in [6.45, 7) is 4.49. The molecule has 0 unspecified atom stereocenters. The van der Waals surface area contributed by atoms with Gasteiger partial charge in [0.05, 0.1) is 41.3 Å². The number of halogens is 2. The zero-order valence-electron chi connectivity index (χ0n) is 10.2. The van der Waals surface area contributed by atoms with Crippen LogP contribution in [0.25, 0.3) is 0 Å². The molecule has 0 fully saturated rings. The van der Waals surface area contributed by atoms with Gasteiger partial charge in [0, 0.05) is 6.42 Å². The van der Waals surface area contributed by atoms with Crippen LogP contribution in [0.2, 0.25) is 0 Å². The normalized spacial score (nSPS) is 22.7. The first kappa shape index (κ1) is 17.5. The Morgan fingerprint density at radius 2 is 1.07 bits per heavy atom. The van der Waals surface area contributed by atoms with E-state index in [1.807, 2.05) is 0 Å². The second kappa shape index (κ2) is 6.60. The molecule has 0 saturated heterocycles. The van der Waals surface area contributed by atoms with E-state index in [0.717, 1.165) is 22.1 Å². The van der Waals surface area contributed by atoms with E-state index in [2.05, 4.69) is 40.0 Å². The van der Waals surface area contributed by atoms with Gasteiger partial charge in [0.25, 0.3) is 0 Å². The van der Waals surface area contributed by atoms with Crippen molar-refractivity contribution in [2.75, 3.05) is 54.4 Å². The van der Waals surface area contributed by atoms with Crippen molar-refractivity contribution in [1.82, 2.24) is 0 Å². The number of quaternary nitrogens is 2. The second-order valence-corrected chi connectivity index (χ2v) is 5.34. The summed E-state index contributed by atoms with van der Waals surface area (Å²) < 4.78 is 2.10.